The van der Waals surface area contributed by atoms with Crippen LogP contribution >= 0.6 is 11.8 Å². The van der Waals surface area contributed by atoms with Crippen LogP contribution in [0.3, 0.4) is 0 Å². The van der Waals surface area contributed by atoms with E-state index in [9.17, 15) is 19.2 Å². The molecule has 1 heterocycles. The van der Waals surface area contributed by atoms with E-state index in [1.54, 1.807) is 0 Å². The van der Waals surface area contributed by atoms with Crippen LogP contribution in [0, 0.1) is 0 Å². The first-order valence-electron chi connectivity index (χ1n) is 10.3. The van der Waals surface area contributed by atoms with E-state index in [4.69, 9.17) is 11.5 Å². The molecular weight excluding hydrogens is 428 g/mol. The van der Waals surface area contributed by atoms with Crippen molar-refractivity contribution >= 4 is 35.3 Å². The number of rotatable bonds is 9. The molecule has 1 unspecified atom stereocenters. The van der Waals surface area contributed by atoms with Crippen molar-refractivity contribution in [2.24, 2.45) is 11.5 Å². The van der Waals surface area contributed by atoms with Gasteiger partial charge >= 0.3 is 0 Å². The molecule has 1 saturated heterocycles. The van der Waals surface area contributed by atoms with E-state index in [0.717, 1.165) is 10.5 Å². The summed E-state index contributed by atoms with van der Waals surface area (Å²) in [5.74, 6) is -1.76. The molecule has 5 N–H and O–H groups in total. The molecule has 1 aliphatic rings. The molecule has 8 nitrogen and oxygen atoms in total. The molecule has 1 fully saturated rings. The summed E-state index contributed by atoms with van der Waals surface area (Å²) < 4.78 is 0. The van der Waals surface area contributed by atoms with Gasteiger partial charge in [-0.2, -0.15) is 0 Å². The summed E-state index contributed by atoms with van der Waals surface area (Å²) in [6.07, 6.45) is 0.151. The second-order valence-electron chi connectivity index (χ2n) is 7.56. The molecule has 0 aromatic heterocycles. The second-order valence-corrected chi connectivity index (χ2v) is 8.71. The summed E-state index contributed by atoms with van der Waals surface area (Å²) in [5.41, 5.74) is 11.7. The van der Waals surface area contributed by atoms with Gasteiger partial charge in [0.2, 0.25) is 17.7 Å². The Bertz CT molecular complexity index is 970. The van der Waals surface area contributed by atoms with Gasteiger partial charge in [0.1, 0.15) is 11.4 Å². The molecular formula is C23H26N4O4S. The normalized spacial score (nSPS) is 17.6. The molecule has 2 aromatic rings. The lowest BCUT2D eigenvalue weighted by atomic mass is 10.0. The van der Waals surface area contributed by atoms with Crippen LogP contribution in [0.5, 0.6) is 0 Å². The molecule has 3 atom stereocenters. The Kier molecular flexibility index (Phi) is 8.02. The molecule has 0 spiro atoms. The molecule has 0 aliphatic carbocycles. The number of hydrogen-bond acceptors (Lipinski definition) is 6. The Balaban J connectivity index is 1.80. The summed E-state index contributed by atoms with van der Waals surface area (Å²) in [7, 11) is 0. The number of nitrogens with one attached hydrogen (secondary N) is 1. The van der Waals surface area contributed by atoms with Gasteiger partial charge in [0.15, 0.2) is 5.78 Å². The smallest absolute Gasteiger partial charge is 0.246 e. The zero-order chi connectivity index (χ0) is 23.1. The first kappa shape index (κ1) is 23.5. The fourth-order valence-corrected chi connectivity index (χ4v) is 4.62. The van der Waals surface area contributed by atoms with Crippen LogP contribution in [0.25, 0.3) is 0 Å². The molecule has 2 aromatic carbocycles. The second kappa shape index (κ2) is 10.9. The Morgan fingerprint density at radius 3 is 2.31 bits per heavy atom. The highest BCUT2D eigenvalue weighted by molar-refractivity contribution is 8.00. The SMILES string of the molecule is NC(=O)C[C@H](N)C(=O)N[C@@H](Cc1ccccc1)C(=O)N1CCC(=O)C1Sc1ccccc1. The maximum atomic E-state index is 13.5. The van der Waals surface area contributed by atoms with E-state index in [1.165, 1.54) is 16.7 Å². The quantitative estimate of drug-likeness (QED) is 0.514. The summed E-state index contributed by atoms with van der Waals surface area (Å²) in [6.45, 7) is 0.274. The number of thioether (sulfide) groups is 1. The zero-order valence-electron chi connectivity index (χ0n) is 17.5. The van der Waals surface area contributed by atoms with Gasteiger partial charge in [0.25, 0.3) is 0 Å². The minimum Gasteiger partial charge on any atom is -0.370 e. The molecule has 0 saturated carbocycles. The predicted octanol–water partition coefficient (Wildman–Crippen LogP) is 0.836. The zero-order valence-corrected chi connectivity index (χ0v) is 18.3. The van der Waals surface area contributed by atoms with E-state index in [2.05, 4.69) is 5.32 Å². The van der Waals surface area contributed by atoms with Crippen LogP contribution < -0.4 is 16.8 Å². The van der Waals surface area contributed by atoms with Crippen LogP contribution in [0.2, 0.25) is 0 Å². The molecule has 1 aliphatic heterocycles. The predicted molar refractivity (Wildman–Crippen MR) is 121 cm³/mol. The van der Waals surface area contributed by atoms with Gasteiger partial charge in [0.05, 0.1) is 12.5 Å². The van der Waals surface area contributed by atoms with Crippen LogP contribution in [0.4, 0.5) is 0 Å². The largest absolute Gasteiger partial charge is 0.370 e. The van der Waals surface area contributed by atoms with Gasteiger partial charge in [-0.25, -0.2) is 0 Å². The molecule has 3 amide bonds. The highest BCUT2D eigenvalue weighted by atomic mass is 32.2. The van der Waals surface area contributed by atoms with E-state index in [-0.39, 0.29) is 37.5 Å². The van der Waals surface area contributed by atoms with Gasteiger partial charge in [-0.3, -0.25) is 19.2 Å². The van der Waals surface area contributed by atoms with Crippen molar-refractivity contribution in [2.45, 2.75) is 41.6 Å². The molecule has 0 bridgehead atoms. The van der Waals surface area contributed by atoms with Gasteiger partial charge in [-0.15, -0.1) is 0 Å². The van der Waals surface area contributed by atoms with Crippen molar-refractivity contribution in [2.75, 3.05) is 6.54 Å². The highest BCUT2D eigenvalue weighted by Gasteiger charge is 2.39. The van der Waals surface area contributed by atoms with Crippen molar-refractivity contribution in [1.82, 2.24) is 10.2 Å². The van der Waals surface area contributed by atoms with Crippen LogP contribution in [0.15, 0.2) is 65.6 Å². The number of carbonyl (C=O) groups excluding carboxylic acids is 4. The molecule has 0 radical (unpaired) electrons. The fourth-order valence-electron chi connectivity index (χ4n) is 3.47. The number of nitrogens with zero attached hydrogens (tertiary/aromatic N) is 1. The Labute approximate surface area is 190 Å². The van der Waals surface area contributed by atoms with Crippen molar-refractivity contribution in [1.29, 1.82) is 0 Å². The summed E-state index contributed by atoms with van der Waals surface area (Å²) >= 11 is 1.31. The Hall–Kier alpha value is -3.17. The number of amides is 3. The summed E-state index contributed by atoms with van der Waals surface area (Å²) in [6, 6.07) is 16.5. The third-order valence-corrected chi connectivity index (χ3v) is 6.37. The van der Waals surface area contributed by atoms with E-state index in [0.29, 0.717) is 0 Å². The van der Waals surface area contributed by atoms with Crippen molar-refractivity contribution in [3.63, 3.8) is 0 Å². The number of nitrogens with two attached hydrogens (primary N) is 2. The third kappa shape index (κ3) is 6.18. The van der Waals surface area contributed by atoms with Crippen molar-refractivity contribution < 1.29 is 19.2 Å². The molecule has 9 heteroatoms. The number of ketones is 1. The number of primary amides is 1. The number of likely N-dealkylation sites (tertiary alicyclic amines) is 1. The average molecular weight is 455 g/mol. The van der Waals surface area contributed by atoms with Gasteiger partial charge in [0, 0.05) is 24.3 Å². The first-order chi connectivity index (χ1) is 15.3. The lowest BCUT2D eigenvalue weighted by Crippen LogP contribution is -2.54. The lowest BCUT2D eigenvalue weighted by Gasteiger charge is -2.29. The van der Waals surface area contributed by atoms with Crippen molar-refractivity contribution in [3.8, 4) is 0 Å². The highest BCUT2D eigenvalue weighted by Crippen LogP contribution is 2.31. The summed E-state index contributed by atoms with van der Waals surface area (Å²) in [5, 5.41) is 2.00. The van der Waals surface area contributed by atoms with E-state index < -0.39 is 29.3 Å². The maximum Gasteiger partial charge on any atom is 0.246 e. The van der Waals surface area contributed by atoms with Crippen molar-refractivity contribution in [3.05, 3.63) is 66.2 Å². The third-order valence-electron chi connectivity index (χ3n) is 5.09. The van der Waals surface area contributed by atoms with Gasteiger partial charge in [-0.05, 0) is 17.7 Å². The van der Waals surface area contributed by atoms with Gasteiger partial charge < -0.3 is 21.7 Å². The fraction of sp³-hybridized carbons (Fsp3) is 0.304. The van der Waals surface area contributed by atoms with E-state index >= 15 is 0 Å². The first-order valence-corrected chi connectivity index (χ1v) is 11.2. The lowest BCUT2D eigenvalue weighted by molar-refractivity contribution is -0.137. The summed E-state index contributed by atoms with van der Waals surface area (Å²) in [4.78, 5) is 52.1. The maximum absolute atomic E-state index is 13.5. The number of benzene rings is 2. The minimum atomic E-state index is -1.16. The van der Waals surface area contributed by atoms with E-state index in [1.807, 2.05) is 60.7 Å². The standard InChI is InChI=1S/C23H26N4O4S/c24-17(14-20(25)29)21(30)26-18(13-15-7-3-1-4-8-15)22(31)27-12-11-19(28)23(27)32-16-9-5-2-6-10-16/h1-10,17-18,23H,11-14,24H2,(H2,25,29)(H,26,30)/t17-,18-,23?/m0/s1. The Morgan fingerprint density at radius 1 is 1.06 bits per heavy atom. The topological polar surface area (TPSA) is 136 Å². The Morgan fingerprint density at radius 2 is 1.69 bits per heavy atom. The van der Waals surface area contributed by atoms with Gasteiger partial charge in [-0.1, -0.05) is 60.3 Å². The molecule has 3 rings (SSSR count). The number of Topliss-reactive ketones (excluding diaryl/α,β-unsaturated/α-hetero) is 1. The van der Waals surface area contributed by atoms with Crippen LogP contribution in [-0.2, 0) is 25.6 Å². The monoisotopic (exact) mass is 454 g/mol. The van der Waals surface area contributed by atoms with Crippen LogP contribution in [-0.4, -0.2) is 52.4 Å². The minimum absolute atomic E-state index is 0.0394. The molecule has 32 heavy (non-hydrogen) atoms. The van der Waals surface area contributed by atoms with Crippen LogP contribution in [0.1, 0.15) is 18.4 Å². The molecule has 168 valence electrons. The number of hydrogen-bond donors (Lipinski definition) is 3. The average Bonchev–Trinajstić information content (AvgIpc) is 3.13. The number of carbonyl (C=O) groups is 4.